The van der Waals surface area contributed by atoms with Gasteiger partial charge >= 0.3 is 0 Å². The van der Waals surface area contributed by atoms with Gasteiger partial charge in [0.2, 0.25) is 10.0 Å². The van der Waals surface area contributed by atoms with Gasteiger partial charge in [0, 0.05) is 18.9 Å². The second kappa shape index (κ2) is 8.87. The van der Waals surface area contributed by atoms with Gasteiger partial charge in [0.25, 0.3) is 0 Å². The number of benzene rings is 1. The Morgan fingerprint density at radius 1 is 1.11 bits per heavy atom. The summed E-state index contributed by atoms with van der Waals surface area (Å²) >= 11 is 0. The second-order valence-corrected chi connectivity index (χ2v) is 5.15. The molecule has 0 atom stereocenters. The fourth-order valence-electron chi connectivity index (χ4n) is 1.18. The van der Waals surface area contributed by atoms with Crippen molar-refractivity contribution in [3.05, 3.63) is 24.3 Å². The van der Waals surface area contributed by atoms with E-state index in [0.29, 0.717) is 5.69 Å². The van der Waals surface area contributed by atoms with Crippen molar-refractivity contribution >= 4 is 15.7 Å². The smallest absolute Gasteiger partial charge is 0.238 e. The Labute approximate surface area is 114 Å². The Kier molecular flexibility index (Phi) is 8.33. The minimum atomic E-state index is -3.58. The van der Waals surface area contributed by atoms with Crippen LogP contribution >= 0.6 is 0 Å². The molecule has 0 spiro atoms. The maximum absolute atomic E-state index is 10.7. The van der Waals surface area contributed by atoms with Gasteiger partial charge in [0.15, 0.2) is 6.29 Å². The van der Waals surface area contributed by atoms with Crippen molar-refractivity contribution in [2.45, 2.75) is 32.0 Å². The van der Waals surface area contributed by atoms with Gasteiger partial charge in [-0.3, -0.25) is 0 Å². The van der Waals surface area contributed by atoms with E-state index in [2.05, 4.69) is 0 Å². The maximum Gasteiger partial charge on any atom is 0.238 e. The van der Waals surface area contributed by atoms with Crippen LogP contribution in [0.2, 0.25) is 0 Å². The van der Waals surface area contributed by atoms with Crippen LogP contribution in [0.4, 0.5) is 5.69 Å². The van der Waals surface area contributed by atoms with E-state index in [0.717, 1.165) is 13.2 Å². The van der Waals surface area contributed by atoms with Crippen molar-refractivity contribution in [3.8, 4) is 0 Å². The molecule has 1 aromatic carbocycles. The van der Waals surface area contributed by atoms with Crippen LogP contribution in [0.25, 0.3) is 0 Å². The number of hydrogen-bond donors (Lipinski definition) is 2. The lowest BCUT2D eigenvalue weighted by Gasteiger charge is -2.09. The molecule has 110 valence electrons. The highest BCUT2D eigenvalue weighted by Gasteiger charge is 2.04. The van der Waals surface area contributed by atoms with E-state index in [1.54, 1.807) is 0 Å². The molecule has 6 nitrogen and oxygen atoms in total. The molecular formula is C12H22N2O4S. The van der Waals surface area contributed by atoms with E-state index in [-0.39, 0.29) is 11.2 Å². The molecule has 0 fully saturated rings. The lowest BCUT2D eigenvalue weighted by atomic mass is 10.3. The Balaban J connectivity index is 0.000000362. The number of ether oxygens (including phenoxy) is 2. The molecule has 0 heterocycles. The SMILES string of the molecule is CCOC(C)OCC.Nc1ccc(S(N)(=O)=O)cc1. The number of nitrogen functional groups attached to an aromatic ring is 1. The topological polar surface area (TPSA) is 105 Å². The van der Waals surface area contributed by atoms with Gasteiger partial charge in [-0.1, -0.05) is 0 Å². The number of rotatable bonds is 5. The molecule has 1 aromatic rings. The third-order valence-corrected chi connectivity index (χ3v) is 2.94. The fraction of sp³-hybridized carbons (Fsp3) is 0.500. The lowest BCUT2D eigenvalue weighted by Crippen LogP contribution is -2.11. The first-order valence-electron chi connectivity index (χ1n) is 5.92. The molecule has 0 amide bonds. The summed E-state index contributed by atoms with van der Waals surface area (Å²) in [6.45, 7) is 7.25. The zero-order valence-corrected chi connectivity index (χ0v) is 12.3. The van der Waals surface area contributed by atoms with Crippen molar-refractivity contribution in [3.63, 3.8) is 0 Å². The van der Waals surface area contributed by atoms with Crippen LogP contribution in [0.1, 0.15) is 20.8 Å². The van der Waals surface area contributed by atoms with Gasteiger partial charge in [-0.15, -0.1) is 0 Å². The van der Waals surface area contributed by atoms with Crippen molar-refractivity contribution in [1.82, 2.24) is 0 Å². The Morgan fingerprint density at radius 3 is 1.84 bits per heavy atom. The summed E-state index contributed by atoms with van der Waals surface area (Å²) in [6, 6.07) is 5.70. The minimum absolute atomic E-state index is 0.0370. The Bertz CT molecular complexity index is 439. The van der Waals surface area contributed by atoms with Crippen LogP contribution in [0.3, 0.4) is 0 Å². The summed E-state index contributed by atoms with van der Waals surface area (Å²) < 4.78 is 31.5. The number of anilines is 1. The monoisotopic (exact) mass is 290 g/mol. The second-order valence-electron chi connectivity index (χ2n) is 3.59. The fourth-order valence-corrected chi connectivity index (χ4v) is 1.69. The Morgan fingerprint density at radius 2 is 1.53 bits per heavy atom. The molecule has 4 N–H and O–H groups in total. The number of sulfonamides is 1. The zero-order valence-electron chi connectivity index (χ0n) is 11.5. The van der Waals surface area contributed by atoms with E-state index in [1.165, 1.54) is 24.3 Å². The van der Waals surface area contributed by atoms with E-state index < -0.39 is 10.0 Å². The molecular weight excluding hydrogens is 268 g/mol. The standard InChI is InChI=1S/C6H8N2O2S.C6H14O2/c7-5-1-3-6(4-2-5)11(8,9)10;1-4-7-6(3)8-5-2/h1-4H,7H2,(H2,8,9,10);6H,4-5H2,1-3H3. The molecule has 0 unspecified atom stereocenters. The summed E-state index contributed by atoms with van der Waals surface area (Å²) in [5.74, 6) is 0. The number of nitrogens with two attached hydrogens (primary N) is 2. The average Bonchev–Trinajstić information content (AvgIpc) is 2.30. The molecule has 0 aliphatic heterocycles. The van der Waals surface area contributed by atoms with Crippen molar-refractivity contribution in [2.24, 2.45) is 5.14 Å². The normalized spacial score (nSPS) is 11.0. The maximum atomic E-state index is 10.7. The Hall–Kier alpha value is -1.15. The molecule has 19 heavy (non-hydrogen) atoms. The van der Waals surface area contributed by atoms with Gasteiger partial charge in [-0.2, -0.15) is 0 Å². The summed E-state index contributed by atoms with van der Waals surface area (Å²) in [7, 11) is -3.58. The first-order chi connectivity index (χ1) is 8.81. The predicted molar refractivity (Wildman–Crippen MR) is 74.9 cm³/mol. The largest absolute Gasteiger partial charge is 0.399 e. The number of hydrogen-bond acceptors (Lipinski definition) is 5. The molecule has 0 aromatic heterocycles. The van der Waals surface area contributed by atoms with E-state index in [4.69, 9.17) is 20.3 Å². The molecule has 0 aliphatic carbocycles. The molecule has 0 aliphatic rings. The van der Waals surface area contributed by atoms with E-state index in [1.807, 2.05) is 20.8 Å². The summed E-state index contributed by atoms with van der Waals surface area (Å²) in [4.78, 5) is 0.0756. The van der Waals surface area contributed by atoms with Crippen LogP contribution in [-0.4, -0.2) is 27.9 Å². The van der Waals surface area contributed by atoms with Crippen LogP contribution in [0.5, 0.6) is 0 Å². The summed E-state index contributed by atoms with van der Waals surface area (Å²) in [5.41, 5.74) is 5.85. The summed E-state index contributed by atoms with van der Waals surface area (Å²) in [6.07, 6.45) is -0.0370. The molecule has 0 radical (unpaired) electrons. The molecule has 7 heteroatoms. The van der Waals surface area contributed by atoms with Gasteiger partial charge < -0.3 is 15.2 Å². The van der Waals surface area contributed by atoms with Crippen LogP contribution in [-0.2, 0) is 19.5 Å². The van der Waals surface area contributed by atoms with Crippen LogP contribution in [0.15, 0.2) is 29.2 Å². The summed E-state index contributed by atoms with van der Waals surface area (Å²) in [5, 5.41) is 4.84. The zero-order chi connectivity index (χ0) is 14.9. The lowest BCUT2D eigenvalue weighted by molar-refractivity contribution is -0.123. The highest BCUT2D eigenvalue weighted by molar-refractivity contribution is 7.89. The highest BCUT2D eigenvalue weighted by atomic mass is 32.2. The molecule has 1 rings (SSSR count). The molecule has 0 saturated heterocycles. The average molecular weight is 290 g/mol. The van der Waals surface area contributed by atoms with Gasteiger partial charge in [-0.25, -0.2) is 13.6 Å². The van der Waals surface area contributed by atoms with Crippen molar-refractivity contribution < 1.29 is 17.9 Å². The van der Waals surface area contributed by atoms with Crippen LogP contribution < -0.4 is 10.9 Å². The van der Waals surface area contributed by atoms with E-state index >= 15 is 0 Å². The van der Waals surface area contributed by atoms with E-state index in [9.17, 15) is 8.42 Å². The predicted octanol–water partition coefficient (Wildman–Crippen LogP) is 1.32. The molecule has 0 saturated carbocycles. The minimum Gasteiger partial charge on any atom is -0.399 e. The van der Waals surface area contributed by atoms with Crippen molar-refractivity contribution in [2.75, 3.05) is 18.9 Å². The first kappa shape index (κ1) is 17.8. The third kappa shape index (κ3) is 8.55. The highest BCUT2D eigenvalue weighted by Crippen LogP contribution is 2.08. The quantitative estimate of drug-likeness (QED) is 0.628. The van der Waals surface area contributed by atoms with Crippen LogP contribution in [0, 0.1) is 0 Å². The van der Waals surface area contributed by atoms with Gasteiger partial charge in [-0.05, 0) is 45.0 Å². The van der Waals surface area contributed by atoms with Crippen molar-refractivity contribution in [1.29, 1.82) is 0 Å². The number of primary sulfonamides is 1. The first-order valence-corrected chi connectivity index (χ1v) is 7.47. The molecule has 0 bridgehead atoms. The van der Waals surface area contributed by atoms with Gasteiger partial charge in [0.05, 0.1) is 4.90 Å². The van der Waals surface area contributed by atoms with Gasteiger partial charge in [0.1, 0.15) is 0 Å². The third-order valence-electron chi connectivity index (χ3n) is 2.01.